The van der Waals surface area contributed by atoms with Gasteiger partial charge in [-0.05, 0) is 12.5 Å². The van der Waals surface area contributed by atoms with Crippen molar-refractivity contribution in [2.24, 2.45) is 0 Å². The molecule has 0 radical (unpaired) electrons. The number of urea groups is 1. The normalized spacial score (nSPS) is 11.3. The first-order chi connectivity index (χ1) is 15.0. The lowest BCUT2D eigenvalue weighted by Crippen LogP contribution is -2.41. The number of carbonyl (C=O) groups excluding carboxylic acids is 2. The van der Waals surface area contributed by atoms with E-state index in [1.165, 1.54) is 0 Å². The summed E-state index contributed by atoms with van der Waals surface area (Å²) < 4.78 is 0. The van der Waals surface area contributed by atoms with Crippen LogP contribution in [0.15, 0.2) is 17.1 Å². The number of rotatable bonds is 8. The Morgan fingerprint density at radius 1 is 1.19 bits per heavy atom. The second-order valence-electron chi connectivity index (χ2n) is 6.14. The van der Waals surface area contributed by atoms with Crippen LogP contribution in [0.4, 0.5) is 27.9 Å². The summed E-state index contributed by atoms with van der Waals surface area (Å²) in [7, 11) is 0. The van der Waals surface area contributed by atoms with Crippen molar-refractivity contribution in [2.45, 2.75) is 18.9 Å². The molecule has 15 nitrogen and oxygen atoms in total. The van der Waals surface area contributed by atoms with Crippen LogP contribution in [-0.4, -0.2) is 55.1 Å². The highest BCUT2D eigenvalue weighted by Gasteiger charge is 2.23. The van der Waals surface area contributed by atoms with E-state index in [2.05, 4.69) is 30.9 Å². The number of carboxylic acids is 2. The summed E-state index contributed by atoms with van der Waals surface area (Å²) in [4.78, 5) is 67.5. The van der Waals surface area contributed by atoms with Crippen LogP contribution < -0.4 is 33.0 Å². The Kier molecular flexibility index (Phi) is 7.52. The average Bonchev–Trinajstić information content (AvgIpc) is 2.67. The summed E-state index contributed by atoms with van der Waals surface area (Å²) in [5.74, 6) is -4.18. The quantitative estimate of drug-likeness (QED) is 0.248. The largest absolute Gasteiger partial charge is 0.481 e. The molecule has 0 unspecified atom stereocenters. The molecule has 0 aliphatic rings. The Morgan fingerprint density at radius 3 is 2.44 bits per heavy atom. The van der Waals surface area contributed by atoms with Gasteiger partial charge in [0.15, 0.2) is 11.5 Å². The number of aliphatic carboxylic acids is 2. The van der Waals surface area contributed by atoms with Crippen molar-refractivity contribution in [1.82, 2.24) is 20.3 Å². The number of nitrogens with zero attached hydrogens (tertiary/aromatic N) is 2. The van der Waals surface area contributed by atoms with Crippen LogP contribution in [-0.2, 0) is 9.59 Å². The first kappa shape index (κ1) is 23.9. The highest BCUT2D eigenvalue weighted by molar-refractivity contribution is 6.33. The van der Waals surface area contributed by atoms with E-state index in [0.29, 0.717) is 0 Å². The van der Waals surface area contributed by atoms with Crippen molar-refractivity contribution in [3.63, 3.8) is 0 Å². The molecule has 1 atom stereocenters. The molecule has 32 heavy (non-hydrogen) atoms. The Morgan fingerprint density at radius 2 is 1.88 bits per heavy atom. The van der Waals surface area contributed by atoms with E-state index >= 15 is 0 Å². The molecule has 0 saturated heterocycles. The molecule has 2 aromatic heterocycles. The number of nitrogens with two attached hydrogens (primary N) is 2. The molecule has 0 bridgehead atoms. The minimum absolute atomic E-state index is 0.0168. The van der Waals surface area contributed by atoms with Crippen molar-refractivity contribution in [3.8, 4) is 0 Å². The molecule has 0 saturated carbocycles. The number of hydrogen-bond acceptors (Lipinski definition) is 9. The number of carbonyl (C=O) groups is 4. The molecule has 0 aromatic carbocycles. The van der Waals surface area contributed by atoms with Gasteiger partial charge in [0.05, 0.1) is 16.9 Å². The maximum atomic E-state index is 12.3. The SMILES string of the molecule is Nc1nc(N)c(NC(=O)Nc2cnc(C(=O)N[C@@H](CCC(=O)O)C(=O)O)c(Cl)c2)c(=O)[nH]1. The van der Waals surface area contributed by atoms with Crippen molar-refractivity contribution in [2.75, 3.05) is 22.1 Å². The zero-order valence-corrected chi connectivity index (χ0v) is 16.8. The van der Waals surface area contributed by atoms with E-state index in [4.69, 9.17) is 33.3 Å². The summed E-state index contributed by atoms with van der Waals surface area (Å²) in [6.07, 6.45) is 0.214. The fourth-order valence-corrected chi connectivity index (χ4v) is 2.58. The van der Waals surface area contributed by atoms with Gasteiger partial charge in [0.25, 0.3) is 11.5 Å². The smallest absolute Gasteiger partial charge is 0.326 e. The van der Waals surface area contributed by atoms with Crippen LogP contribution in [0.1, 0.15) is 23.3 Å². The van der Waals surface area contributed by atoms with E-state index in [9.17, 15) is 24.0 Å². The molecule has 0 aliphatic carbocycles. The number of pyridine rings is 1. The Hall–Kier alpha value is -4.40. The molecule has 170 valence electrons. The number of nitrogen functional groups attached to an aromatic ring is 2. The number of hydrogen-bond donors (Lipinski definition) is 8. The highest BCUT2D eigenvalue weighted by Crippen LogP contribution is 2.19. The maximum absolute atomic E-state index is 12.3. The van der Waals surface area contributed by atoms with Crippen LogP contribution in [0.2, 0.25) is 5.02 Å². The lowest BCUT2D eigenvalue weighted by Gasteiger charge is -2.14. The first-order valence-electron chi connectivity index (χ1n) is 8.62. The molecular formula is C16H17ClN8O7. The molecule has 0 fully saturated rings. The van der Waals surface area contributed by atoms with Crippen LogP contribution >= 0.6 is 11.6 Å². The molecule has 3 amide bonds. The topological polar surface area (TPSA) is 256 Å². The van der Waals surface area contributed by atoms with Crippen LogP contribution in [0.3, 0.4) is 0 Å². The molecular weight excluding hydrogens is 452 g/mol. The predicted molar refractivity (Wildman–Crippen MR) is 111 cm³/mol. The van der Waals surface area contributed by atoms with E-state index in [1.807, 2.05) is 0 Å². The van der Waals surface area contributed by atoms with Gasteiger partial charge in [-0.2, -0.15) is 4.98 Å². The minimum atomic E-state index is -1.47. The number of halogens is 1. The number of H-pyrrole nitrogens is 1. The summed E-state index contributed by atoms with van der Waals surface area (Å²) in [5, 5.41) is 24.1. The van der Waals surface area contributed by atoms with Crippen LogP contribution in [0, 0.1) is 0 Å². The lowest BCUT2D eigenvalue weighted by atomic mass is 10.1. The fraction of sp³-hybridized carbons (Fsp3) is 0.188. The van der Waals surface area contributed by atoms with Gasteiger partial charge < -0.3 is 32.3 Å². The summed E-state index contributed by atoms with van der Waals surface area (Å²) in [6, 6.07) is -1.24. The van der Waals surface area contributed by atoms with E-state index < -0.39 is 41.9 Å². The third kappa shape index (κ3) is 6.30. The van der Waals surface area contributed by atoms with Gasteiger partial charge in [-0.3, -0.25) is 24.7 Å². The van der Waals surface area contributed by atoms with Crippen molar-refractivity contribution in [3.05, 3.63) is 33.3 Å². The molecule has 16 heteroatoms. The molecule has 0 spiro atoms. The minimum Gasteiger partial charge on any atom is -0.481 e. The zero-order valence-electron chi connectivity index (χ0n) is 16.0. The van der Waals surface area contributed by atoms with Gasteiger partial charge in [-0.15, -0.1) is 0 Å². The van der Waals surface area contributed by atoms with E-state index in [-0.39, 0.29) is 40.3 Å². The highest BCUT2D eigenvalue weighted by atomic mass is 35.5. The molecule has 2 rings (SSSR count). The summed E-state index contributed by atoms with van der Waals surface area (Å²) >= 11 is 5.99. The number of amides is 3. The zero-order chi connectivity index (χ0) is 24.0. The fourth-order valence-electron chi connectivity index (χ4n) is 2.33. The second-order valence-corrected chi connectivity index (χ2v) is 6.55. The molecule has 2 heterocycles. The van der Waals surface area contributed by atoms with Crippen molar-refractivity contribution >= 4 is 58.6 Å². The summed E-state index contributed by atoms with van der Waals surface area (Å²) in [5.41, 5.74) is 9.38. The summed E-state index contributed by atoms with van der Waals surface area (Å²) in [6.45, 7) is 0. The Bertz CT molecular complexity index is 1140. The van der Waals surface area contributed by atoms with Gasteiger partial charge in [0.1, 0.15) is 11.7 Å². The van der Waals surface area contributed by atoms with E-state index in [1.54, 1.807) is 0 Å². The Balaban J connectivity index is 2.08. The number of nitrogens with one attached hydrogen (secondary N) is 4. The average molecular weight is 469 g/mol. The standard InChI is InChI=1S/C16H17ClN8O7/c17-6-3-5(21-16(32)23-10-11(18)24-15(19)25-13(10)29)4-20-9(6)12(28)22-7(14(30)31)1-2-8(26)27/h3-4,7H,1-2H2,(H,22,28)(H,26,27)(H,30,31)(H2,21,23,32)(H5,18,19,24,25,29)/t7-/m0/s1. The van der Waals surface area contributed by atoms with Crippen molar-refractivity contribution < 1.29 is 29.4 Å². The molecule has 0 aliphatic heterocycles. The third-order valence-corrected chi connectivity index (χ3v) is 4.06. The molecule has 10 N–H and O–H groups in total. The monoisotopic (exact) mass is 468 g/mol. The lowest BCUT2D eigenvalue weighted by molar-refractivity contribution is -0.140. The van der Waals surface area contributed by atoms with Gasteiger partial charge >= 0.3 is 18.0 Å². The van der Waals surface area contributed by atoms with Gasteiger partial charge in [0.2, 0.25) is 5.95 Å². The number of anilines is 4. The van der Waals surface area contributed by atoms with Crippen LogP contribution in [0.25, 0.3) is 0 Å². The number of aromatic amines is 1. The Labute approximate surface area is 183 Å². The number of aromatic nitrogens is 3. The van der Waals surface area contributed by atoms with Crippen molar-refractivity contribution in [1.29, 1.82) is 0 Å². The van der Waals surface area contributed by atoms with Gasteiger partial charge in [-0.25, -0.2) is 14.6 Å². The first-order valence-corrected chi connectivity index (χ1v) is 9.00. The van der Waals surface area contributed by atoms with Crippen LogP contribution in [0.5, 0.6) is 0 Å². The third-order valence-electron chi connectivity index (χ3n) is 3.77. The predicted octanol–water partition coefficient (Wildman–Crippen LogP) is -0.326. The molecule has 2 aromatic rings. The van der Waals surface area contributed by atoms with Gasteiger partial charge in [-0.1, -0.05) is 11.6 Å². The second kappa shape index (κ2) is 10.1. The number of carboxylic acid groups (broad SMARTS) is 2. The van der Waals surface area contributed by atoms with Gasteiger partial charge in [0, 0.05) is 6.42 Å². The van der Waals surface area contributed by atoms with E-state index in [0.717, 1.165) is 12.3 Å². The maximum Gasteiger partial charge on any atom is 0.326 e.